The molecule has 0 fully saturated rings. The van der Waals surface area contributed by atoms with Crippen molar-refractivity contribution >= 4 is 0 Å². The number of hydrogen-bond acceptors (Lipinski definition) is 2. The second-order valence-electron chi connectivity index (χ2n) is 4.32. The Morgan fingerprint density at radius 3 is 2.44 bits per heavy atom. The van der Waals surface area contributed by atoms with Crippen LogP contribution in [0, 0.1) is 6.92 Å². The zero-order valence-electron chi connectivity index (χ0n) is 10.1. The van der Waals surface area contributed by atoms with Crippen LogP contribution in [0.5, 0.6) is 5.75 Å². The molecule has 0 aliphatic rings. The summed E-state index contributed by atoms with van der Waals surface area (Å²) in [6.07, 6.45) is 6.43. The SMILES string of the molecule is Cc1cccc(CCCCCCCO)c1O. The van der Waals surface area contributed by atoms with E-state index in [0.717, 1.165) is 36.8 Å². The van der Waals surface area contributed by atoms with Gasteiger partial charge in [-0.2, -0.15) is 0 Å². The molecule has 0 bridgehead atoms. The van der Waals surface area contributed by atoms with E-state index in [1.807, 2.05) is 25.1 Å². The first-order valence-electron chi connectivity index (χ1n) is 6.14. The number of para-hydroxylation sites is 1. The summed E-state index contributed by atoms with van der Waals surface area (Å²) in [5, 5.41) is 18.4. The van der Waals surface area contributed by atoms with Gasteiger partial charge in [-0.1, -0.05) is 37.5 Å². The van der Waals surface area contributed by atoms with Gasteiger partial charge in [0.2, 0.25) is 0 Å². The summed E-state index contributed by atoms with van der Waals surface area (Å²) in [7, 11) is 0. The maximum Gasteiger partial charge on any atom is 0.121 e. The number of hydrogen-bond donors (Lipinski definition) is 2. The van der Waals surface area contributed by atoms with Gasteiger partial charge in [0.25, 0.3) is 0 Å². The number of aliphatic hydroxyl groups is 1. The van der Waals surface area contributed by atoms with Crippen LogP contribution in [0.25, 0.3) is 0 Å². The second-order valence-corrected chi connectivity index (χ2v) is 4.32. The topological polar surface area (TPSA) is 40.5 Å². The molecule has 2 heteroatoms. The summed E-state index contributed by atoms with van der Waals surface area (Å²) in [5.41, 5.74) is 2.01. The lowest BCUT2D eigenvalue weighted by molar-refractivity contribution is 0.282. The molecule has 16 heavy (non-hydrogen) atoms. The average Bonchev–Trinajstić information content (AvgIpc) is 2.29. The van der Waals surface area contributed by atoms with Crippen LogP contribution in [0.15, 0.2) is 18.2 Å². The van der Waals surface area contributed by atoms with Crippen molar-refractivity contribution in [2.45, 2.75) is 45.4 Å². The first-order valence-corrected chi connectivity index (χ1v) is 6.14. The van der Waals surface area contributed by atoms with Crippen molar-refractivity contribution in [2.24, 2.45) is 0 Å². The standard InChI is InChI=1S/C14H22O2/c1-12-8-7-10-13(14(12)16)9-5-3-2-4-6-11-15/h7-8,10,15-16H,2-6,9,11H2,1H3. The fraction of sp³-hybridized carbons (Fsp3) is 0.571. The molecule has 0 unspecified atom stereocenters. The van der Waals surface area contributed by atoms with E-state index in [-0.39, 0.29) is 0 Å². The molecule has 0 aromatic heterocycles. The van der Waals surface area contributed by atoms with E-state index < -0.39 is 0 Å². The van der Waals surface area contributed by atoms with Gasteiger partial charge in [0.1, 0.15) is 5.75 Å². The number of benzene rings is 1. The highest BCUT2D eigenvalue weighted by atomic mass is 16.3. The van der Waals surface area contributed by atoms with Crippen molar-refractivity contribution in [3.8, 4) is 5.75 Å². The first kappa shape index (κ1) is 13.0. The van der Waals surface area contributed by atoms with E-state index >= 15 is 0 Å². The number of unbranched alkanes of at least 4 members (excludes halogenated alkanes) is 4. The summed E-state index contributed by atoms with van der Waals surface area (Å²) in [5.74, 6) is 0.456. The predicted octanol–water partition coefficient (Wildman–Crippen LogP) is 3.19. The van der Waals surface area contributed by atoms with Crippen LogP contribution >= 0.6 is 0 Å². The Bertz CT molecular complexity index is 308. The Labute approximate surface area is 97.9 Å². The Kier molecular flexibility index (Phi) is 5.94. The maximum absolute atomic E-state index is 9.81. The normalized spacial score (nSPS) is 10.6. The zero-order valence-corrected chi connectivity index (χ0v) is 10.1. The van der Waals surface area contributed by atoms with Crippen LogP contribution in [0.3, 0.4) is 0 Å². The highest BCUT2D eigenvalue weighted by Gasteiger charge is 2.02. The van der Waals surface area contributed by atoms with Crippen molar-refractivity contribution in [1.29, 1.82) is 0 Å². The van der Waals surface area contributed by atoms with Crippen LogP contribution in [0.2, 0.25) is 0 Å². The molecule has 0 aliphatic carbocycles. The molecule has 0 spiro atoms. The molecular weight excluding hydrogens is 200 g/mol. The summed E-state index contributed by atoms with van der Waals surface area (Å²) in [4.78, 5) is 0. The molecule has 0 atom stereocenters. The van der Waals surface area contributed by atoms with Crippen LogP contribution in [0.4, 0.5) is 0 Å². The minimum atomic E-state index is 0.304. The van der Waals surface area contributed by atoms with Gasteiger partial charge >= 0.3 is 0 Å². The van der Waals surface area contributed by atoms with Crippen molar-refractivity contribution in [3.63, 3.8) is 0 Å². The molecule has 0 aliphatic heterocycles. The Hall–Kier alpha value is -1.02. The largest absolute Gasteiger partial charge is 0.507 e. The zero-order chi connectivity index (χ0) is 11.8. The molecule has 1 aromatic rings. The molecular formula is C14H22O2. The Balaban J connectivity index is 2.24. The van der Waals surface area contributed by atoms with Gasteiger partial charge in [-0.25, -0.2) is 0 Å². The van der Waals surface area contributed by atoms with E-state index in [1.165, 1.54) is 12.8 Å². The average molecular weight is 222 g/mol. The smallest absolute Gasteiger partial charge is 0.121 e. The van der Waals surface area contributed by atoms with Gasteiger partial charge in [-0.05, 0) is 37.3 Å². The number of aliphatic hydroxyl groups excluding tert-OH is 1. The molecule has 90 valence electrons. The lowest BCUT2D eigenvalue weighted by Gasteiger charge is -2.06. The highest BCUT2D eigenvalue weighted by molar-refractivity contribution is 5.39. The quantitative estimate of drug-likeness (QED) is 0.696. The molecule has 1 aromatic carbocycles. The molecule has 0 saturated heterocycles. The summed E-state index contributed by atoms with van der Waals surface area (Å²) < 4.78 is 0. The fourth-order valence-corrected chi connectivity index (χ4v) is 1.88. The number of aromatic hydroxyl groups is 1. The van der Waals surface area contributed by atoms with Crippen LogP contribution in [-0.4, -0.2) is 16.8 Å². The van der Waals surface area contributed by atoms with Crippen molar-refractivity contribution in [2.75, 3.05) is 6.61 Å². The van der Waals surface area contributed by atoms with Gasteiger partial charge in [0.15, 0.2) is 0 Å². The molecule has 0 heterocycles. The minimum absolute atomic E-state index is 0.304. The number of aryl methyl sites for hydroxylation is 2. The minimum Gasteiger partial charge on any atom is -0.507 e. The van der Waals surface area contributed by atoms with Gasteiger partial charge in [-0.3, -0.25) is 0 Å². The second kappa shape index (κ2) is 7.29. The van der Waals surface area contributed by atoms with Crippen molar-refractivity contribution < 1.29 is 10.2 Å². The summed E-state index contributed by atoms with van der Waals surface area (Å²) >= 11 is 0. The third-order valence-electron chi connectivity index (χ3n) is 2.93. The lowest BCUT2D eigenvalue weighted by atomic mass is 10.0. The Morgan fingerprint density at radius 1 is 1.00 bits per heavy atom. The van der Waals surface area contributed by atoms with Crippen molar-refractivity contribution in [1.82, 2.24) is 0 Å². The van der Waals surface area contributed by atoms with Crippen LogP contribution < -0.4 is 0 Å². The lowest BCUT2D eigenvalue weighted by Crippen LogP contribution is -1.89. The third kappa shape index (κ3) is 4.23. The first-order chi connectivity index (χ1) is 7.75. The fourth-order valence-electron chi connectivity index (χ4n) is 1.88. The monoisotopic (exact) mass is 222 g/mol. The van der Waals surface area contributed by atoms with Crippen LogP contribution in [0.1, 0.15) is 43.2 Å². The summed E-state index contributed by atoms with van der Waals surface area (Å²) in [6, 6.07) is 5.92. The van der Waals surface area contributed by atoms with Gasteiger partial charge in [-0.15, -0.1) is 0 Å². The van der Waals surface area contributed by atoms with E-state index in [0.29, 0.717) is 12.4 Å². The molecule has 0 amide bonds. The molecule has 2 nitrogen and oxygen atoms in total. The number of phenolic OH excluding ortho intramolecular Hbond substituents is 1. The van der Waals surface area contributed by atoms with E-state index in [4.69, 9.17) is 5.11 Å². The van der Waals surface area contributed by atoms with E-state index in [9.17, 15) is 5.11 Å². The molecule has 0 saturated carbocycles. The highest BCUT2D eigenvalue weighted by Crippen LogP contribution is 2.23. The van der Waals surface area contributed by atoms with E-state index in [2.05, 4.69) is 0 Å². The Morgan fingerprint density at radius 2 is 1.69 bits per heavy atom. The molecule has 2 N–H and O–H groups in total. The molecule has 1 rings (SSSR count). The third-order valence-corrected chi connectivity index (χ3v) is 2.93. The van der Waals surface area contributed by atoms with Gasteiger partial charge in [0, 0.05) is 6.61 Å². The van der Waals surface area contributed by atoms with Gasteiger partial charge in [0.05, 0.1) is 0 Å². The van der Waals surface area contributed by atoms with Gasteiger partial charge < -0.3 is 10.2 Å². The maximum atomic E-state index is 9.81. The summed E-state index contributed by atoms with van der Waals surface area (Å²) in [6.45, 7) is 2.23. The van der Waals surface area contributed by atoms with E-state index in [1.54, 1.807) is 0 Å². The predicted molar refractivity (Wildman–Crippen MR) is 66.7 cm³/mol. The van der Waals surface area contributed by atoms with Crippen molar-refractivity contribution in [3.05, 3.63) is 29.3 Å². The molecule has 0 radical (unpaired) electrons. The number of phenols is 1. The van der Waals surface area contributed by atoms with Crippen LogP contribution in [-0.2, 0) is 6.42 Å². The number of rotatable bonds is 7.